The molecule has 0 saturated carbocycles. The van der Waals surface area contributed by atoms with E-state index in [4.69, 9.17) is 4.74 Å². The molecule has 2 rings (SSSR count). The van der Waals surface area contributed by atoms with Crippen LogP contribution in [0.15, 0.2) is 24.3 Å². The van der Waals surface area contributed by atoms with E-state index in [9.17, 15) is 10.1 Å². The fourth-order valence-electron chi connectivity index (χ4n) is 1.89. The van der Waals surface area contributed by atoms with E-state index in [0.29, 0.717) is 13.2 Å². The average Bonchev–Trinajstić information content (AvgIpc) is 2.38. The van der Waals surface area contributed by atoms with Gasteiger partial charge >= 0.3 is 0 Å². The van der Waals surface area contributed by atoms with Crippen molar-refractivity contribution in [3.05, 3.63) is 40.1 Å². The molecule has 0 atom stereocenters. The van der Waals surface area contributed by atoms with Crippen molar-refractivity contribution in [2.24, 2.45) is 0 Å². The molecule has 0 saturated heterocycles. The average molecular weight is 261 g/mol. The van der Waals surface area contributed by atoms with Gasteiger partial charge < -0.3 is 10.1 Å². The minimum absolute atomic E-state index is 0.0629. The van der Waals surface area contributed by atoms with Crippen LogP contribution in [-0.2, 0) is 4.74 Å². The van der Waals surface area contributed by atoms with Crippen LogP contribution in [0.2, 0.25) is 0 Å². The maximum atomic E-state index is 10.8. The number of aryl methyl sites for hydroxylation is 1. The third-order valence-electron chi connectivity index (χ3n) is 2.75. The first-order valence-electron chi connectivity index (χ1n) is 5.90. The molecular weight excluding hydrogens is 246 g/mol. The summed E-state index contributed by atoms with van der Waals surface area (Å²) < 4.78 is 4.98. The second-order valence-corrected chi connectivity index (χ2v) is 4.19. The first kappa shape index (κ1) is 13.2. The Morgan fingerprint density at radius 3 is 2.89 bits per heavy atom. The predicted octanol–water partition coefficient (Wildman–Crippen LogP) is 2.51. The molecule has 6 heteroatoms. The third kappa shape index (κ3) is 2.97. The molecule has 0 spiro atoms. The van der Waals surface area contributed by atoms with Gasteiger partial charge in [-0.15, -0.1) is 0 Å². The summed E-state index contributed by atoms with van der Waals surface area (Å²) in [6.07, 6.45) is 0. The summed E-state index contributed by atoms with van der Waals surface area (Å²) in [5.41, 5.74) is 2.50. The molecule has 100 valence electrons. The largest absolute Gasteiger partial charge is 0.383 e. The summed E-state index contributed by atoms with van der Waals surface area (Å²) in [7, 11) is 1.63. The van der Waals surface area contributed by atoms with Crippen LogP contribution in [0.5, 0.6) is 0 Å². The van der Waals surface area contributed by atoms with Crippen molar-refractivity contribution in [1.82, 2.24) is 4.98 Å². The van der Waals surface area contributed by atoms with Gasteiger partial charge in [-0.25, -0.2) is 0 Å². The number of pyridine rings is 1. The topological polar surface area (TPSA) is 77.3 Å². The number of nitro benzene ring substituents is 1. The van der Waals surface area contributed by atoms with E-state index in [1.165, 1.54) is 12.1 Å². The second-order valence-electron chi connectivity index (χ2n) is 4.19. The van der Waals surface area contributed by atoms with Crippen LogP contribution in [0.4, 0.5) is 11.4 Å². The van der Waals surface area contributed by atoms with Crippen LogP contribution in [-0.4, -0.2) is 30.2 Å². The molecule has 0 radical (unpaired) electrons. The Balaban J connectivity index is 2.46. The number of aromatic nitrogens is 1. The molecule has 1 heterocycles. The van der Waals surface area contributed by atoms with Crippen LogP contribution in [0.25, 0.3) is 10.9 Å². The van der Waals surface area contributed by atoms with Crippen LogP contribution in [0.3, 0.4) is 0 Å². The van der Waals surface area contributed by atoms with Crippen molar-refractivity contribution < 1.29 is 9.66 Å². The summed E-state index contributed by atoms with van der Waals surface area (Å²) in [4.78, 5) is 14.8. The number of benzene rings is 1. The highest BCUT2D eigenvalue weighted by atomic mass is 16.6. The highest BCUT2D eigenvalue weighted by Crippen LogP contribution is 2.27. The van der Waals surface area contributed by atoms with Crippen LogP contribution >= 0.6 is 0 Å². The third-order valence-corrected chi connectivity index (χ3v) is 2.75. The molecule has 0 amide bonds. The minimum atomic E-state index is -0.405. The number of hydrogen-bond acceptors (Lipinski definition) is 5. The number of hydrogen-bond donors (Lipinski definition) is 1. The van der Waals surface area contributed by atoms with E-state index >= 15 is 0 Å². The zero-order valence-corrected chi connectivity index (χ0v) is 10.8. The van der Waals surface area contributed by atoms with Gasteiger partial charge in [0, 0.05) is 42.6 Å². The van der Waals surface area contributed by atoms with Crippen molar-refractivity contribution in [2.45, 2.75) is 6.92 Å². The Kier molecular flexibility index (Phi) is 3.91. The smallest absolute Gasteiger partial charge is 0.270 e. The molecule has 2 aromatic rings. The predicted molar refractivity (Wildman–Crippen MR) is 73.5 cm³/mol. The van der Waals surface area contributed by atoms with Gasteiger partial charge in [-0.05, 0) is 19.1 Å². The van der Waals surface area contributed by atoms with Gasteiger partial charge in [-0.3, -0.25) is 15.1 Å². The number of methoxy groups -OCH3 is 1. The molecule has 0 unspecified atom stereocenters. The number of ether oxygens (including phenoxy) is 1. The molecule has 1 N–H and O–H groups in total. The molecule has 6 nitrogen and oxygen atoms in total. The van der Waals surface area contributed by atoms with Gasteiger partial charge in [0.15, 0.2) is 0 Å². The molecular formula is C13H15N3O3. The van der Waals surface area contributed by atoms with Crippen LogP contribution < -0.4 is 5.32 Å². The summed E-state index contributed by atoms with van der Waals surface area (Å²) in [6.45, 7) is 3.10. The number of non-ortho nitro benzene ring substituents is 1. The lowest BCUT2D eigenvalue weighted by molar-refractivity contribution is -0.384. The number of anilines is 1. The van der Waals surface area contributed by atoms with Gasteiger partial charge in [-0.2, -0.15) is 0 Å². The Labute approximate surface area is 110 Å². The van der Waals surface area contributed by atoms with Crippen molar-refractivity contribution in [1.29, 1.82) is 0 Å². The highest BCUT2D eigenvalue weighted by molar-refractivity contribution is 5.93. The van der Waals surface area contributed by atoms with Gasteiger partial charge in [0.25, 0.3) is 5.69 Å². The standard InChI is InChI=1S/C13H15N3O3/c1-9-7-13(14-5-6-19-2)11-8-10(16(17)18)3-4-12(11)15-9/h3-4,7-8H,5-6H2,1-2H3,(H,14,15). The SMILES string of the molecule is COCCNc1cc(C)nc2ccc([N+](=O)[O-])cc12. The lowest BCUT2D eigenvalue weighted by Gasteiger charge is -2.10. The summed E-state index contributed by atoms with van der Waals surface area (Å²) >= 11 is 0. The monoisotopic (exact) mass is 261 g/mol. The molecule has 1 aromatic heterocycles. The Bertz CT molecular complexity index is 613. The number of nitrogens with zero attached hydrogens (tertiary/aromatic N) is 2. The summed E-state index contributed by atoms with van der Waals surface area (Å²) in [6, 6.07) is 6.55. The van der Waals surface area contributed by atoms with E-state index in [1.807, 2.05) is 13.0 Å². The van der Waals surface area contributed by atoms with Gasteiger partial charge in [0.1, 0.15) is 0 Å². The maximum absolute atomic E-state index is 10.8. The van der Waals surface area contributed by atoms with Crippen molar-refractivity contribution >= 4 is 22.3 Å². The van der Waals surface area contributed by atoms with Crippen molar-refractivity contribution in [3.63, 3.8) is 0 Å². The van der Waals surface area contributed by atoms with Crippen LogP contribution in [0, 0.1) is 17.0 Å². The molecule has 0 fully saturated rings. The second kappa shape index (κ2) is 5.62. The van der Waals surface area contributed by atoms with Crippen LogP contribution in [0.1, 0.15) is 5.69 Å². The Hall–Kier alpha value is -2.21. The van der Waals surface area contributed by atoms with Gasteiger partial charge in [-0.1, -0.05) is 0 Å². The number of nitrogens with one attached hydrogen (secondary N) is 1. The normalized spacial score (nSPS) is 10.6. The lowest BCUT2D eigenvalue weighted by atomic mass is 10.1. The molecule has 0 aliphatic carbocycles. The maximum Gasteiger partial charge on any atom is 0.270 e. The zero-order valence-electron chi connectivity index (χ0n) is 10.8. The highest BCUT2D eigenvalue weighted by Gasteiger charge is 2.10. The fraction of sp³-hybridized carbons (Fsp3) is 0.308. The molecule has 1 aromatic carbocycles. The van der Waals surface area contributed by atoms with E-state index in [2.05, 4.69) is 10.3 Å². The van der Waals surface area contributed by atoms with E-state index in [-0.39, 0.29) is 5.69 Å². The Morgan fingerprint density at radius 1 is 1.42 bits per heavy atom. The van der Waals surface area contributed by atoms with E-state index < -0.39 is 4.92 Å². The lowest BCUT2D eigenvalue weighted by Crippen LogP contribution is -2.08. The molecule has 0 aliphatic rings. The first-order valence-corrected chi connectivity index (χ1v) is 5.90. The van der Waals surface area contributed by atoms with Gasteiger partial charge in [0.05, 0.1) is 17.0 Å². The van der Waals surface area contributed by atoms with E-state index in [1.54, 1.807) is 13.2 Å². The van der Waals surface area contributed by atoms with Gasteiger partial charge in [0.2, 0.25) is 0 Å². The quantitative estimate of drug-likeness (QED) is 0.508. The first-order chi connectivity index (χ1) is 9.11. The minimum Gasteiger partial charge on any atom is -0.383 e. The fourth-order valence-corrected chi connectivity index (χ4v) is 1.89. The van der Waals surface area contributed by atoms with E-state index in [0.717, 1.165) is 22.3 Å². The number of nitro groups is 1. The summed E-state index contributed by atoms with van der Waals surface area (Å²) in [5.74, 6) is 0. The number of fused-ring (bicyclic) bond motifs is 1. The Morgan fingerprint density at radius 2 is 2.21 bits per heavy atom. The molecule has 0 aliphatic heterocycles. The van der Waals surface area contributed by atoms with Crippen molar-refractivity contribution in [2.75, 3.05) is 25.6 Å². The van der Waals surface area contributed by atoms with Crippen molar-refractivity contribution in [3.8, 4) is 0 Å². The zero-order chi connectivity index (χ0) is 13.8. The molecule has 0 bridgehead atoms. The summed E-state index contributed by atoms with van der Waals surface area (Å²) in [5, 5.41) is 14.8. The number of rotatable bonds is 5. The molecule has 19 heavy (non-hydrogen) atoms.